The summed E-state index contributed by atoms with van der Waals surface area (Å²) < 4.78 is 1.73. The van der Waals surface area contributed by atoms with Gasteiger partial charge in [0.25, 0.3) is 0 Å². The van der Waals surface area contributed by atoms with Crippen LogP contribution in [0.2, 0.25) is 0 Å². The Labute approximate surface area is 84.1 Å². The lowest BCUT2D eigenvalue weighted by molar-refractivity contribution is -0.119. The summed E-state index contributed by atoms with van der Waals surface area (Å²) in [4.78, 5) is 11.5. The van der Waals surface area contributed by atoms with E-state index in [9.17, 15) is 4.79 Å². The van der Waals surface area contributed by atoms with E-state index in [-0.39, 0.29) is 11.8 Å². The quantitative estimate of drug-likeness (QED) is 0.764. The summed E-state index contributed by atoms with van der Waals surface area (Å²) in [6.07, 6.45) is 1.07. The molecule has 1 unspecified atom stereocenters. The molecule has 78 valence electrons. The fraction of sp³-hybridized carbons (Fsp3) is 0.600. The van der Waals surface area contributed by atoms with Gasteiger partial charge in [-0.15, -0.1) is 0 Å². The molecular weight excluding hydrogens is 178 g/mol. The van der Waals surface area contributed by atoms with Crippen LogP contribution in [0.4, 0.5) is 0 Å². The number of Topliss-reactive ketones (excluding diaryl/α,β-unsaturated/α-hetero) is 1. The van der Waals surface area contributed by atoms with Crippen LogP contribution in [0.5, 0.6) is 0 Å². The Kier molecular flexibility index (Phi) is 3.41. The average Bonchev–Trinajstić information content (AvgIpc) is 2.44. The number of ketones is 1. The molecule has 14 heavy (non-hydrogen) atoms. The molecule has 4 nitrogen and oxygen atoms in total. The van der Waals surface area contributed by atoms with E-state index in [0.717, 1.165) is 11.4 Å². The summed E-state index contributed by atoms with van der Waals surface area (Å²) in [5, 5.41) is 4.17. The molecular formula is C10H17N3O. The first-order valence-electron chi connectivity index (χ1n) is 4.82. The van der Waals surface area contributed by atoms with Crippen molar-refractivity contribution in [2.45, 2.75) is 32.7 Å². The van der Waals surface area contributed by atoms with Gasteiger partial charge in [-0.1, -0.05) is 6.92 Å². The van der Waals surface area contributed by atoms with Gasteiger partial charge >= 0.3 is 0 Å². The van der Waals surface area contributed by atoms with Gasteiger partial charge in [-0.3, -0.25) is 9.48 Å². The summed E-state index contributed by atoms with van der Waals surface area (Å²) in [7, 11) is 1.84. The lowest BCUT2D eigenvalue weighted by atomic mass is 10.1. The van der Waals surface area contributed by atoms with E-state index in [1.54, 1.807) is 4.68 Å². The minimum atomic E-state index is -0.342. The summed E-state index contributed by atoms with van der Waals surface area (Å²) in [6.45, 7) is 3.82. The number of aryl methyl sites for hydroxylation is 2. The summed E-state index contributed by atoms with van der Waals surface area (Å²) in [6, 6.07) is 1.57. The number of aromatic nitrogens is 2. The maximum Gasteiger partial charge on any atom is 0.155 e. The van der Waals surface area contributed by atoms with Gasteiger partial charge in [0.15, 0.2) is 5.78 Å². The van der Waals surface area contributed by atoms with Crippen LogP contribution >= 0.6 is 0 Å². The van der Waals surface area contributed by atoms with Gasteiger partial charge in [0.1, 0.15) is 0 Å². The molecule has 4 heteroatoms. The number of rotatable bonds is 4. The molecule has 0 aliphatic heterocycles. The maximum absolute atomic E-state index is 11.5. The molecule has 0 aliphatic rings. The molecule has 0 bridgehead atoms. The van der Waals surface area contributed by atoms with Gasteiger partial charge in [0.2, 0.25) is 0 Å². The molecule has 0 radical (unpaired) electrons. The van der Waals surface area contributed by atoms with Gasteiger partial charge in [-0.25, -0.2) is 0 Å². The Morgan fingerprint density at radius 2 is 2.36 bits per heavy atom. The maximum atomic E-state index is 11.5. The van der Waals surface area contributed by atoms with Crippen LogP contribution in [-0.2, 0) is 18.3 Å². The van der Waals surface area contributed by atoms with E-state index >= 15 is 0 Å². The van der Waals surface area contributed by atoms with Crippen molar-refractivity contribution in [2.24, 2.45) is 12.8 Å². The number of nitrogens with zero attached hydrogens (tertiary/aromatic N) is 2. The third-order valence-electron chi connectivity index (χ3n) is 2.31. The van der Waals surface area contributed by atoms with E-state index in [2.05, 4.69) is 5.10 Å². The number of carbonyl (C=O) groups is 1. The highest BCUT2D eigenvalue weighted by atomic mass is 16.1. The molecule has 0 aromatic carbocycles. The predicted octanol–water partition coefficient (Wildman–Crippen LogP) is 0.577. The van der Waals surface area contributed by atoms with E-state index in [1.807, 2.05) is 27.0 Å². The van der Waals surface area contributed by atoms with Crippen molar-refractivity contribution in [2.75, 3.05) is 0 Å². The first-order valence-corrected chi connectivity index (χ1v) is 4.82. The molecule has 1 heterocycles. The van der Waals surface area contributed by atoms with Gasteiger partial charge in [-0.2, -0.15) is 5.10 Å². The Bertz CT molecular complexity index is 330. The Morgan fingerprint density at radius 3 is 2.79 bits per heavy atom. The SMILES string of the molecule is CCC(N)C(=O)Cc1cc(C)nn1C. The van der Waals surface area contributed by atoms with Gasteiger partial charge in [0.05, 0.1) is 11.7 Å². The number of hydrogen-bond donors (Lipinski definition) is 1. The molecule has 0 saturated carbocycles. The second-order valence-corrected chi connectivity index (χ2v) is 3.56. The molecule has 0 saturated heterocycles. The van der Waals surface area contributed by atoms with Crippen LogP contribution in [0.15, 0.2) is 6.07 Å². The molecule has 0 aliphatic carbocycles. The number of carbonyl (C=O) groups excluding carboxylic acids is 1. The van der Waals surface area contributed by atoms with Crippen LogP contribution in [-0.4, -0.2) is 21.6 Å². The van der Waals surface area contributed by atoms with E-state index in [0.29, 0.717) is 12.8 Å². The average molecular weight is 195 g/mol. The van der Waals surface area contributed by atoms with Crippen LogP contribution in [0.1, 0.15) is 24.7 Å². The Balaban J connectivity index is 2.69. The zero-order valence-electron chi connectivity index (χ0n) is 8.95. The zero-order valence-corrected chi connectivity index (χ0v) is 8.95. The zero-order chi connectivity index (χ0) is 10.7. The second kappa shape index (κ2) is 4.37. The molecule has 0 fully saturated rings. The number of hydrogen-bond acceptors (Lipinski definition) is 3. The third-order valence-corrected chi connectivity index (χ3v) is 2.31. The minimum absolute atomic E-state index is 0.0792. The van der Waals surface area contributed by atoms with Crippen molar-refractivity contribution < 1.29 is 4.79 Å². The standard InChI is InChI=1S/C10H17N3O/c1-4-9(11)10(14)6-8-5-7(2)12-13(8)3/h5,9H,4,6,11H2,1-3H3. The highest BCUT2D eigenvalue weighted by Gasteiger charge is 2.13. The number of nitrogens with two attached hydrogens (primary N) is 1. The minimum Gasteiger partial charge on any atom is -0.322 e. The summed E-state index contributed by atoms with van der Waals surface area (Å²) in [5.41, 5.74) is 7.50. The van der Waals surface area contributed by atoms with Crippen molar-refractivity contribution in [3.05, 3.63) is 17.5 Å². The van der Waals surface area contributed by atoms with Crippen molar-refractivity contribution in [3.8, 4) is 0 Å². The molecule has 1 aromatic rings. The van der Waals surface area contributed by atoms with Gasteiger partial charge < -0.3 is 5.73 Å². The monoisotopic (exact) mass is 195 g/mol. The van der Waals surface area contributed by atoms with E-state index in [1.165, 1.54) is 0 Å². The fourth-order valence-electron chi connectivity index (χ4n) is 1.37. The highest BCUT2D eigenvalue weighted by Crippen LogP contribution is 2.04. The van der Waals surface area contributed by atoms with Crippen molar-refractivity contribution in [3.63, 3.8) is 0 Å². The lowest BCUT2D eigenvalue weighted by Crippen LogP contribution is -2.31. The van der Waals surface area contributed by atoms with Gasteiger partial charge in [0, 0.05) is 19.2 Å². The normalized spacial score (nSPS) is 12.9. The smallest absolute Gasteiger partial charge is 0.155 e. The van der Waals surface area contributed by atoms with E-state index in [4.69, 9.17) is 5.73 Å². The predicted molar refractivity (Wildman–Crippen MR) is 54.9 cm³/mol. The highest BCUT2D eigenvalue weighted by molar-refractivity contribution is 5.85. The molecule has 0 spiro atoms. The van der Waals surface area contributed by atoms with Crippen molar-refractivity contribution in [1.29, 1.82) is 0 Å². The first kappa shape index (κ1) is 10.9. The van der Waals surface area contributed by atoms with Crippen LogP contribution < -0.4 is 5.73 Å². The largest absolute Gasteiger partial charge is 0.322 e. The molecule has 1 rings (SSSR count). The van der Waals surface area contributed by atoms with Gasteiger partial charge in [-0.05, 0) is 19.4 Å². The Hall–Kier alpha value is -1.16. The lowest BCUT2D eigenvalue weighted by Gasteiger charge is -2.06. The molecule has 0 amide bonds. The van der Waals surface area contributed by atoms with Crippen molar-refractivity contribution >= 4 is 5.78 Å². The van der Waals surface area contributed by atoms with Crippen LogP contribution in [0.25, 0.3) is 0 Å². The first-order chi connectivity index (χ1) is 6.54. The third kappa shape index (κ3) is 2.42. The molecule has 1 atom stereocenters. The molecule has 1 aromatic heterocycles. The van der Waals surface area contributed by atoms with E-state index < -0.39 is 0 Å². The fourth-order valence-corrected chi connectivity index (χ4v) is 1.37. The summed E-state index contributed by atoms with van der Waals surface area (Å²) >= 11 is 0. The van der Waals surface area contributed by atoms with Crippen molar-refractivity contribution in [1.82, 2.24) is 9.78 Å². The Morgan fingerprint density at radius 1 is 1.71 bits per heavy atom. The summed E-state index contributed by atoms with van der Waals surface area (Å²) in [5.74, 6) is 0.0792. The topological polar surface area (TPSA) is 60.9 Å². The molecule has 2 N–H and O–H groups in total. The second-order valence-electron chi connectivity index (χ2n) is 3.56. The van der Waals surface area contributed by atoms with Crippen LogP contribution in [0, 0.1) is 6.92 Å². The van der Waals surface area contributed by atoms with Crippen LogP contribution in [0.3, 0.4) is 0 Å².